The second-order valence-corrected chi connectivity index (χ2v) is 5.96. The number of halogens is 1. The van der Waals surface area contributed by atoms with Gasteiger partial charge in [0.15, 0.2) is 11.0 Å². The van der Waals surface area contributed by atoms with Gasteiger partial charge in [-0.3, -0.25) is 9.78 Å². The lowest BCUT2D eigenvalue weighted by atomic mass is 9.97. The fourth-order valence-corrected chi connectivity index (χ4v) is 2.81. The van der Waals surface area contributed by atoms with Crippen molar-refractivity contribution in [3.63, 3.8) is 0 Å². The molecule has 3 heterocycles. The van der Waals surface area contributed by atoms with Gasteiger partial charge in [-0.25, -0.2) is 0 Å². The van der Waals surface area contributed by atoms with Crippen LogP contribution in [-0.4, -0.2) is 34.2 Å². The Labute approximate surface area is 139 Å². The third-order valence-electron chi connectivity index (χ3n) is 3.95. The number of carbonyl (C=O) groups excluding carboxylic acids is 1. The summed E-state index contributed by atoms with van der Waals surface area (Å²) in [6, 6.07) is 7.36. The van der Waals surface area contributed by atoms with Crippen LogP contribution in [0.25, 0.3) is 0 Å². The van der Waals surface area contributed by atoms with E-state index in [0.717, 1.165) is 30.8 Å². The maximum atomic E-state index is 12.4. The zero-order valence-electron chi connectivity index (χ0n) is 12.7. The lowest BCUT2D eigenvalue weighted by Crippen LogP contribution is -2.43. The van der Waals surface area contributed by atoms with Gasteiger partial charge in [-0.2, -0.15) is 0 Å². The minimum absolute atomic E-state index is 0.0388. The van der Waals surface area contributed by atoms with E-state index in [1.165, 1.54) is 0 Å². The third kappa shape index (κ3) is 4.16. The van der Waals surface area contributed by atoms with E-state index in [-0.39, 0.29) is 11.8 Å². The van der Waals surface area contributed by atoms with Crippen LogP contribution >= 0.6 is 11.6 Å². The number of piperidine rings is 1. The highest BCUT2D eigenvalue weighted by atomic mass is 35.5. The number of anilines is 1. The van der Waals surface area contributed by atoms with Crippen molar-refractivity contribution in [1.82, 2.24) is 20.5 Å². The van der Waals surface area contributed by atoms with Crippen molar-refractivity contribution < 1.29 is 4.79 Å². The molecular formula is C16H18ClN5O. The van der Waals surface area contributed by atoms with Gasteiger partial charge in [0.25, 0.3) is 0 Å². The van der Waals surface area contributed by atoms with E-state index in [4.69, 9.17) is 11.6 Å². The van der Waals surface area contributed by atoms with Gasteiger partial charge in [-0.1, -0.05) is 11.6 Å². The Balaban J connectivity index is 1.57. The van der Waals surface area contributed by atoms with Gasteiger partial charge in [-0.15, -0.1) is 10.2 Å². The number of aromatic nitrogens is 3. The SMILES string of the molecule is O=C(NCc1ccncc1)C1CCCN(c2ccc(Cl)nn2)C1. The standard InChI is InChI=1S/C16H18ClN5O/c17-14-3-4-15(21-20-14)22-9-1-2-13(11-22)16(23)19-10-12-5-7-18-8-6-12/h3-8,13H,1-2,9-11H2,(H,19,23). The summed E-state index contributed by atoms with van der Waals surface area (Å²) in [5.74, 6) is 0.803. The summed E-state index contributed by atoms with van der Waals surface area (Å²) in [6.45, 7) is 2.06. The molecule has 0 aliphatic carbocycles. The van der Waals surface area contributed by atoms with Gasteiger partial charge in [0, 0.05) is 32.0 Å². The first-order valence-electron chi connectivity index (χ1n) is 7.63. The largest absolute Gasteiger partial charge is 0.354 e. The van der Waals surface area contributed by atoms with Crippen molar-refractivity contribution in [2.24, 2.45) is 5.92 Å². The first-order valence-corrected chi connectivity index (χ1v) is 8.01. The Morgan fingerprint density at radius 2 is 2.09 bits per heavy atom. The van der Waals surface area contributed by atoms with Gasteiger partial charge in [0.05, 0.1) is 5.92 Å². The highest BCUT2D eigenvalue weighted by Gasteiger charge is 2.26. The number of rotatable bonds is 4. The molecule has 2 aromatic heterocycles. The number of hydrogen-bond donors (Lipinski definition) is 1. The fraction of sp³-hybridized carbons (Fsp3) is 0.375. The fourth-order valence-electron chi connectivity index (χ4n) is 2.71. The molecule has 0 spiro atoms. The number of carbonyl (C=O) groups is 1. The van der Waals surface area contributed by atoms with Crippen molar-refractivity contribution in [3.8, 4) is 0 Å². The maximum absolute atomic E-state index is 12.4. The topological polar surface area (TPSA) is 71.0 Å². The molecule has 6 nitrogen and oxygen atoms in total. The van der Waals surface area contributed by atoms with Gasteiger partial charge < -0.3 is 10.2 Å². The second-order valence-electron chi connectivity index (χ2n) is 5.57. The van der Waals surface area contributed by atoms with E-state index in [9.17, 15) is 4.79 Å². The van der Waals surface area contributed by atoms with Gasteiger partial charge in [-0.05, 0) is 42.7 Å². The average molecular weight is 332 g/mol. The normalized spacial score (nSPS) is 17.8. The van der Waals surface area contributed by atoms with Crippen LogP contribution in [0, 0.1) is 5.92 Å². The van der Waals surface area contributed by atoms with Crippen LogP contribution in [0.2, 0.25) is 5.15 Å². The van der Waals surface area contributed by atoms with E-state index in [1.807, 2.05) is 18.2 Å². The molecule has 7 heteroatoms. The molecule has 1 N–H and O–H groups in total. The summed E-state index contributed by atoms with van der Waals surface area (Å²) >= 11 is 5.77. The molecule has 1 aliphatic heterocycles. The predicted octanol–water partition coefficient (Wildman–Crippen LogP) is 2.06. The molecule has 1 saturated heterocycles. The molecule has 1 aliphatic rings. The van der Waals surface area contributed by atoms with Crippen LogP contribution in [0.5, 0.6) is 0 Å². The minimum Gasteiger partial charge on any atom is -0.354 e. The van der Waals surface area contributed by atoms with Crippen molar-refractivity contribution >= 4 is 23.3 Å². The lowest BCUT2D eigenvalue weighted by Gasteiger charge is -2.32. The van der Waals surface area contributed by atoms with Crippen LogP contribution < -0.4 is 10.2 Å². The van der Waals surface area contributed by atoms with Crippen molar-refractivity contribution in [2.75, 3.05) is 18.0 Å². The first-order chi connectivity index (χ1) is 11.2. The summed E-state index contributed by atoms with van der Waals surface area (Å²) in [5, 5.41) is 11.3. The van der Waals surface area contributed by atoms with E-state index in [0.29, 0.717) is 18.2 Å². The van der Waals surface area contributed by atoms with E-state index in [1.54, 1.807) is 18.5 Å². The molecule has 1 unspecified atom stereocenters. The summed E-state index contributed by atoms with van der Waals surface area (Å²) in [5.41, 5.74) is 1.05. The summed E-state index contributed by atoms with van der Waals surface area (Å²) in [4.78, 5) is 18.4. The van der Waals surface area contributed by atoms with E-state index < -0.39 is 0 Å². The molecular weight excluding hydrogens is 314 g/mol. The van der Waals surface area contributed by atoms with E-state index in [2.05, 4.69) is 25.4 Å². The molecule has 1 fully saturated rings. The minimum atomic E-state index is -0.0388. The Hall–Kier alpha value is -2.21. The molecule has 23 heavy (non-hydrogen) atoms. The number of nitrogens with zero attached hydrogens (tertiary/aromatic N) is 4. The van der Waals surface area contributed by atoms with Crippen LogP contribution in [0.15, 0.2) is 36.7 Å². The highest BCUT2D eigenvalue weighted by Crippen LogP contribution is 2.22. The van der Waals surface area contributed by atoms with Crippen LogP contribution in [0.1, 0.15) is 18.4 Å². The summed E-state index contributed by atoms with van der Waals surface area (Å²) < 4.78 is 0. The molecule has 2 aromatic rings. The molecule has 0 bridgehead atoms. The summed E-state index contributed by atoms with van der Waals surface area (Å²) in [6.07, 6.45) is 5.30. The maximum Gasteiger partial charge on any atom is 0.225 e. The predicted molar refractivity (Wildman–Crippen MR) is 88.1 cm³/mol. The molecule has 0 saturated carbocycles. The summed E-state index contributed by atoms with van der Waals surface area (Å²) in [7, 11) is 0. The van der Waals surface area contributed by atoms with E-state index >= 15 is 0 Å². The average Bonchev–Trinajstić information content (AvgIpc) is 2.61. The number of nitrogens with one attached hydrogen (secondary N) is 1. The zero-order valence-corrected chi connectivity index (χ0v) is 13.4. The quantitative estimate of drug-likeness (QED) is 0.928. The smallest absolute Gasteiger partial charge is 0.225 e. The molecule has 3 rings (SSSR count). The highest BCUT2D eigenvalue weighted by molar-refractivity contribution is 6.29. The Morgan fingerprint density at radius 1 is 1.26 bits per heavy atom. The van der Waals surface area contributed by atoms with Gasteiger partial charge in [0.1, 0.15) is 0 Å². The second kappa shape index (κ2) is 7.37. The lowest BCUT2D eigenvalue weighted by molar-refractivity contribution is -0.125. The van der Waals surface area contributed by atoms with Crippen LogP contribution in [0.4, 0.5) is 5.82 Å². The molecule has 1 atom stereocenters. The molecule has 120 valence electrons. The Morgan fingerprint density at radius 3 is 2.83 bits per heavy atom. The van der Waals surface area contributed by atoms with Crippen molar-refractivity contribution in [2.45, 2.75) is 19.4 Å². The molecule has 1 amide bonds. The Kier molecular flexibility index (Phi) is 5.02. The van der Waals surface area contributed by atoms with Gasteiger partial charge >= 0.3 is 0 Å². The van der Waals surface area contributed by atoms with Crippen molar-refractivity contribution in [3.05, 3.63) is 47.4 Å². The number of pyridine rings is 1. The van der Waals surface area contributed by atoms with Crippen LogP contribution in [0.3, 0.4) is 0 Å². The molecule has 0 aromatic carbocycles. The third-order valence-corrected chi connectivity index (χ3v) is 4.15. The van der Waals surface area contributed by atoms with Crippen molar-refractivity contribution in [1.29, 1.82) is 0 Å². The van der Waals surface area contributed by atoms with Gasteiger partial charge in [0.2, 0.25) is 5.91 Å². The number of amides is 1. The Bertz CT molecular complexity index is 649. The first kappa shape index (κ1) is 15.7. The monoisotopic (exact) mass is 331 g/mol. The molecule has 0 radical (unpaired) electrons. The van der Waals surface area contributed by atoms with Crippen LogP contribution in [-0.2, 0) is 11.3 Å². The number of hydrogen-bond acceptors (Lipinski definition) is 5. The zero-order chi connectivity index (χ0) is 16.1.